The molecule has 4 rings (SSSR count). The van der Waals surface area contributed by atoms with Gasteiger partial charge < -0.3 is 10.1 Å². The highest BCUT2D eigenvalue weighted by molar-refractivity contribution is 7.09. The van der Waals surface area contributed by atoms with Crippen LogP contribution in [0.1, 0.15) is 54.8 Å². The summed E-state index contributed by atoms with van der Waals surface area (Å²) in [6.45, 7) is 7.42. The van der Waals surface area contributed by atoms with Gasteiger partial charge in [-0.05, 0) is 43.0 Å². The van der Waals surface area contributed by atoms with Crippen molar-refractivity contribution in [3.05, 3.63) is 63.2 Å². The monoisotopic (exact) mass is 455 g/mol. The molecule has 5 nitrogen and oxygen atoms in total. The molecule has 1 aromatic carbocycles. The Hall–Kier alpha value is -2.44. The molecule has 0 radical (unpaired) electrons. The van der Waals surface area contributed by atoms with E-state index < -0.39 is 0 Å². The van der Waals surface area contributed by atoms with Gasteiger partial charge in [-0.15, -0.1) is 11.3 Å². The molecule has 0 aliphatic heterocycles. The van der Waals surface area contributed by atoms with Crippen LogP contribution in [-0.2, 0) is 12.0 Å². The molecule has 1 aliphatic rings. The lowest BCUT2D eigenvalue weighted by atomic mass is 9.98. The minimum Gasteiger partial charge on any atom is -0.491 e. The summed E-state index contributed by atoms with van der Waals surface area (Å²) in [6, 6.07) is 10.9. The van der Waals surface area contributed by atoms with Crippen molar-refractivity contribution in [1.29, 1.82) is 0 Å². The zero-order valence-electron chi connectivity index (χ0n) is 17.9. The van der Waals surface area contributed by atoms with Gasteiger partial charge in [-0.3, -0.25) is 4.79 Å². The van der Waals surface area contributed by atoms with Crippen LogP contribution >= 0.6 is 22.9 Å². The van der Waals surface area contributed by atoms with Gasteiger partial charge in [0.1, 0.15) is 17.1 Å². The van der Waals surface area contributed by atoms with Crippen LogP contribution in [0.4, 0.5) is 0 Å². The molecule has 0 bridgehead atoms. The van der Waals surface area contributed by atoms with Crippen molar-refractivity contribution in [3.63, 3.8) is 0 Å². The number of nitrogens with zero attached hydrogens (tertiary/aromatic N) is 2. The fourth-order valence-corrected chi connectivity index (χ4v) is 4.02. The van der Waals surface area contributed by atoms with Gasteiger partial charge in [0.15, 0.2) is 0 Å². The molecule has 0 unspecified atom stereocenters. The largest absolute Gasteiger partial charge is 0.491 e. The number of hydrogen-bond donors (Lipinski definition) is 1. The summed E-state index contributed by atoms with van der Waals surface area (Å²) in [5.74, 6) is 1.06. The fourth-order valence-electron chi connectivity index (χ4n) is 2.99. The van der Waals surface area contributed by atoms with Crippen LogP contribution in [-0.4, -0.2) is 22.5 Å². The Bertz CT molecular complexity index is 1070. The second kappa shape index (κ2) is 8.97. The average Bonchev–Trinajstić information content (AvgIpc) is 3.44. The topological polar surface area (TPSA) is 64.1 Å². The van der Waals surface area contributed by atoms with Crippen molar-refractivity contribution in [2.75, 3.05) is 6.61 Å². The highest BCUT2D eigenvalue weighted by atomic mass is 35.5. The Morgan fingerprint density at radius 3 is 2.55 bits per heavy atom. The third-order valence-corrected chi connectivity index (χ3v) is 6.57. The average molecular weight is 456 g/mol. The zero-order valence-corrected chi connectivity index (χ0v) is 19.5. The lowest BCUT2D eigenvalue weighted by molar-refractivity contribution is 0.0945. The highest BCUT2D eigenvalue weighted by Crippen LogP contribution is 2.33. The van der Waals surface area contributed by atoms with Crippen LogP contribution in [0.2, 0.25) is 5.02 Å². The Morgan fingerprint density at radius 2 is 1.90 bits per heavy atom. The Morgan fingerprint density at radius 1 is 1.16 bits per heavy atom. The molecule has 7 heteroatoms. The Kier molecular flexibility index (Phi) is 6.30. The van der Waals surface area contributed by atoms with E-state index in [1.807, 2.05) is 35.7 Å². The van der Waals surface area contributed by atoms with Crippen molar-refractivity contribution in [2.45, 2.75) is 45.6 Å². The van der Waals surface area contributed by atoms with Crippen LogP contribution in [0.15, 0.2) is 41.8 Å². The lowest BCUT2D eigenvalue weighted by Gasteiger charge is -2.13. The van der Waals surface area contributed by atoms with Gasteiger partial charge in [0.05, 0.1) is 23.9 Å². The minimum absolute atomic E-state index is 0.00173. The van der Waals surface area contributed by atoms with E-state index in [0.29, 0.717) is 41.2 Å². The maximum atomic E-state index is 12.8. The second-order valence-electron chi connectivity index (χ2n) is 8.88. The molecular weight excluding hydrogens is 430 g/mol. The maximum absolute atomic E-state index is 12.8. The third-order valence-electron chi connectivity index (χ3n) is 5.00. The van der Waals surface area contributed by atoms with Crippen molar-refractivity contribution in [3.8, 4) is 17.0 Å². The van der Waals surface area contributed by atoms with Gasteiger partial charge in [0.25, 0.3) is 5.91 Å². The summed E-state index contributed by atoms with van der Waals surface area (Å²) in [5, 5.41) is 6.62. The van der Waals surface area contributed by atoms with Crippen molar-refractivity contribution >= 4 is 28.8 Å². The Labute approximate surface area is 191 Å². The molecule has 0 spiro atoms. The van der Waals surface area contributed by atoms with Gasteiger partial charge in [-0.1, -0.05) is 44.5 Å². The maximum Gasteiger partial charge on any atom is 0.270 e. The molecule has 1 fully saturated rings. The number of amides is 1. The summed E-state index contributed by atoms with van der Waals surface area (Å²) in [5.41, 5.74) is 2.70. The number of nitrogens with one attached hydrogen (secondary N) is 1. The van der Waals surface area contributed by atoms with E-state index in [1.54, 1.807) is 17.4 Å². The number of hydrogen-bond acceptors (Lipinski definition) is 5. The third kappa shape index (κ3) is 5.63. The summed E-state index contributed by atoms with van der Waals surface area (Å²) in [7, 11) is 0. The van der Waals surface area contributed by atoms with E-state index in [1.165, 1.54) is 12.8 Å². The lowest BCUT2D eigenvalue weighted by Crippen LogP contribution is -2.24. The number of thiazole rings is 1. The summed E-state index contributed by atoms with van der Waals surface area (Å²) >= 11 is 7.65. The molecule has 1 amide bonds. The van der Waals surface area contributed by atoms with Gasteiger partial charge in [0, 0.05) is 21.4 Å². The number of carbonyl (C=O) groups excluding carboxylic acids is 1. The molecule has 2 aromatic heterocycles. The highest BCUT2D eigenvalue weighted by Gasteiger charge is 2.23. The SMILES string of the molecule is CC(C)(C)c1nc(CNC(=O)c2ccc(OCC3CC3)c(-c3ccc(Cl)cc3)n2)cs1. The number of pyridine rings is 1. The van der Waals surface area contributed by atoms with Gasteiger partial charge in [-0.25, -0.2) is 9.97 Å². The number of halogens is 1. The summed E-state index contributed by atoms with van der Waals surface area (Å²) in [4.78, 5) is 22.0. The second-order valence-corrected chi connectivity index (χ2v) is 10.2. The molecule has 3 aromatic rings. The van der Waals surface area contributed by atoms with Crippen LogP contribution in [0, 0.1) is 5.92 Å². The number of rotatable bonds is 7. The van der Waals surface area contributed by atoms with Crippen molar-refractivity contribution in [2.24, 2.45) is 5.92 Å². The van der Waals surface area contributed by atoms with E-state index in [-0.39, 0.29) is 11.3 Å². The van der Waals surface area contributed by atoms with E-state index >= 15 is 0 Å². The number of aromatic nitrogens is 2. The van der Waals surface area contributed by atoms with Crippen LogP contribution in [0.3, 0.4) is 0 Å². The fraction of sp³-hybridized carbons (Fsp3) is 0.375. The first-order valence-corrected chi connectivity index (χ1v) is 11.7. The first kappa shape index (κ1) is 21.8. The van der Waals surface area contributed by atoms with Gasteiger partial charge in [-0.2, -0.15) is 0 Å². The predicted molar refractivity (Wildman–Crippen MR) is 125 cm³/mol. The molecule has 1 aliphatic carbocycles. The normalized spacial score (nSPS) is 13.8. The van der Waals surface area contributed by atoms with E-state index in [0.717, 1.165) is 16.3 Å². The number of benzene rings is 1. The molecule has 0 atom stereocenters. The van der Waals surface area contributed by atoms with Gasteiger partial charge >= 0.3 is 0 Å². The first-order valence-electron chi connectivity index (χ1n) is 10.4. The molecule has 1 N–H and O–H groups in total. The minimum atomic E-state index is -0.241. The standard InChI is InChI=1S/C24H26ClN3O2S/c1-24(2,3)23-27-18(14-31-23)12-26-22(29)19-10-11-20(30-13-15-4-5-15)21(28-19)16-6-8-17(25)9-7-16/h6-11,14-15H,4-5,12-13H2,1-3H3,(H,26,29). The summed E-state index contributed by atoms with van der Waals surface area (Å²) in [6.07, 6.45) is 2.41. The molecule has 1 saturated carbocycles. The molecule has 31 heavy (non-hydrogen) atoms. The predicted octanol–water partition coefficient (Wildman–Crippen LogP) is 5.87. The van der Waals surface area contributed by atoms with Gasteiger partial charge in [0.2, 0.25) is 0 Å². The van der Waals surface area contributed by atoms with Crippen molar-refractivity contribution in [1.82, 2.24) is 15.3 Å². The zero-order chi connectivity index (χ0) is 22.0. The smallest absolute Gasteiger partial charge is 0.270 e. The molecule has 2 heterocycles. The van der Waals surface area contributed by atoms with E-state index in [2.05, 4.69) is 36.1 Å². The summed E-state index contributed by atoms with van der Waals surface area (Å²) < 4.78 is 6.01. The van der Waals surface area contributed by atoms with E-state index in [9.17, 15) is 4.79 Å². The molecule has 0 saturated heterocycles. The van der Waals surface area contributed by atoms with Crippen LogP contribution in [0.25, 0.3) is 11.3 Å². The van der Waals surface area contributed by atoms with E-state index in [4.69, 9.17) is 16.3 Å². The Balaban J connectivity index is 1.51. The van der Waals surface area contributed by atoms with Crippen LogP contribution < -0.4 is 10.1 Å². The number of carbonyl (C=O) groups is 1. The quantitative estimate of drug-likeness (QED) is 0.483. The molecular formula is C24H26ClN3O2S. The van der Waals surface area contributed by atoms with Crippen LogP contribution in [0.5, 0.6) is 5.75 Å². The molecule has 162 valence electrons. The van der Waals surface area contributed by atoms with Crippen molar-refractivity contribution < 1.29 is 9.53 Å². The first-order chi connectivity index (χ1) is 14.8. The number of ether oxygens (including phenoxy) is 1.